The second kappa shape index (κ2) is 9.84. The predicted molar refractivity (Wildman–Crippen MR) is 130 cm³/mol. The van der Waals surface area contributed by atoms with E-state index in [0.717, 1.165) is 33.8 Å². The molecule has 0 fully saturated rings. The average Bonchev–Trinajstić information content (AvgIpc) is 3.43. The number of carbonyl (C=O) groups is 2. The maximum absolute atomic E-state index is 12.9. The fraction of sp³-hybridized carbons (Fsp3) is 0.208. The van der Waals surface area contributed by atoms with Crippen molar-refractivity contribution in [1.82, 2.24) is 19.1 Å². The summed E-state index contributed by atoms with van der Waals surface area (Å²) in [4.78, 5) is 41.3. The van der Waals surface area contributed by atoms with E-state index in [1.165, 1.54) is 15.8 Å². The van der Waals surface area contributed by atoms with E-state index in [1.54, 1.807) is 7.05 Å². The van der Waals surface area contributed by atoms with E-state index in [4.69, 9.17) is 0 Å². The number of carboxylic acids is 1. The van der Waals surface area contributed by atoms with Crippen molar-refractivity contribution in [2.75, 3.05) is 4.90 Å². The summed E-state index contributed by atoms with van der Waals surface area (Å²) < 4.78 is 4.34. The number of nitrogens with zero attached hydrogens (tertiary/aromatic N) is 4. The van der Waals surface area contributed by atoms with E-state index in [0.29, 0.717) is 12.2 Å². The number of amides is 1. The lowest BCUT2D eigenvalue weighted by molar-refractivity contribution is -0.118. The van der Waals surface area contributed by atoms with Crippen LogP contribution in [0.2, 0.25) is 0 Å². The van der Waals surface area contributed by atoms with Crippen molar-refractivity contribution in [3.05, 3.63) is 75.5 Å². The first kappa shape index (κ1) is 23.1. The number of aromatic amines is 1. The normalized spacial score (nSPS) is 10.9. The van der Waals surface area contributed by atoms with Crippen LogP contribution in [0.15, 0.2) is 59.5 Å². The number of rotatable bonds is 8. The number of aryl methyl sites for hydroxylation is 1. The van der Waals surface area contributed by atoms with Gasteiger partial charge in [0.15, 0.2) is 11.6 Å². The van der Waals surface area contributed by atoms with Gasteiger partial charge in [0.1, 0.15) is 5.56 Å². The highest BCUT2D eigenvalue weighted by atomic mass is 32.1. The Labute approximate surface area is 199 Å². The number of anilines is 1. The number of H-pyrrole nitrogens is 1. The summed E-state index contributed by atoms with van der Waals surface area (Å²) in [5.74, 6) is -0.673. The lowest BCUT2D eigenvalue weighted by Gasteiger charge is -2.21. The molecule has 4 rings (SSSR count). The summed E-state index contributed by atoms with van der Waals surface area (Å²) >= 11 is 0.943. The van der Waals surface area contributed by atoms with E-state index in [-0.39, 0.29) is 35.1 Å². The summed E-state index contributed by atoms with van der Waals surface area (Å²) in [6, 6.07) is 15.3. The van der Waals surface area contributed by atoms with Crippen LogP contribution in [0, 0.1) is 0 Å². The maximum Gasteiger partial charge on any atom is 0.344 e. The van der Waals surface area contributed by atoms with Crippen LogP contribution in [-0.2, 0) is 18.4 Å². The van der Waals surface area contributed by atoms with Crippen LogP contribution in [0.4, 0.5) is 5.82 Å². The number of carbonyl (C=O) groups excluding carboxylic acids is 1. The summed E-state index contributed by atoms with van der Waals surface area (Å²) in [6.45, 7) is 2.09. The fourth-order valence-corrected chi connectivity index (χ4v) is 4.19. The Kier molecular flexibility index (Phi) is 6.69. The Morgan fingerprint density at radius 2 is 1.82 bits per heavy atom. The van der Waals surface area contributed by atoms with E-state index in [2.05, 4.69) is 14.5 Å². The highest BCUT2D eigenvalue weighted by Crippen LogP contribution is 2.30. The van der Waals surface area contributed by atoms with E-state index in [1.807, 2.05) is 55.5 Å². The van der Waals surface area contributed by atoms with Gasteiger partial charge in [0.2, 0.25) is 5.91 Å². The van der Waals surface area contributed by atoms with Gasteiger partial charge in [0.05, 0.1) is 6.54 Å². The molecular weight excluding hydrogens is 454 g/mol. The molecule has 0 spiro atoms. The molecule has 174 valence electrons. The van der Waals surface area contributed by atoms with Crippen LogP contribution in [0.25, 0.3) is 22.5 Å². The quantitative estimate of drug-likeness (QED) is 0.397. The third kappa shape index (κ3) is 4.81. The molecule has 0 saturated carbocycles. The molecule has 2 heterocycles. The molecule has 0 atom stereocenters. The van der Waals surface area contributed by atoms with Crippen LogP contribution in [0.5, 0.6) is 0 Å². The predicted octanol–water partition coefficient (Wildman–Crippen LogP) is 3.93. The SMILES string of the molecule is CCCC(=O)N(Cc1ccc(-c2ccccc2-c2nc(=O)s[nH]2)cc1)c1nn(C)cc1C(=O)O. The second-order valence-corrected chi connectivity index (χ2v) is 8.51. The van der Waals surface area contributed by atoms with Gasteiger partial charge in [0.25, 0.3) is 0 Å². The zero-order valence-corrected chi connectivity index (χ0v) is 19.5. The Morgan fingerprint density at radius 3 is 2.44 bits per heavy atom. The smallest absolute Gasteiger partial charge is 0.344 e. The summed E-state index contributed by atoms with van der Waals surface area (Å²) in [7, 11) is 1.63. The van der Waals surface area contributed by atoms with Gasteiger partial charge in [0, 0.05) is 36.8 Å². The van der Waals surface area contributed by atoms with Crippen molar-refractivity contribution in [2.24, 2.45) is 7.05 Å². The Morgan fingerprint density at radius 1 is 1.12 bits per heavy atom. The van der Waals surface area contributed by atoms with Gasteiger partial charge in [-0.1, -0.05) is 55.5 Å². The van der Waals surface area contributed by atoms with E-state index < -0.39 is 5.97 Å². The van der Waals surface area contributed by atoms with Crippen molar-refractivity contribution in [1.29, 1.82) is 0 Å². The molecule has 9 nitrogen and oxygen atoms in total. The van der Waals surface area contributed by atoms with E-state index in [9.17, 15) is 19.5 Å². The fourth-order valence-electron chi connectivity index (χ4n) is 3.71. The zero-order valence-electron chi connectivity index (χ0n) is 18.7. The molecule has 0 radical (unpaired) electrons. The largest absolute Gasteiger partial charge is 0.477 e. The van der Waals surface area contributed by atoms with Crippen molar-refractivity contribution in [3.8, 4) is 22.5 Å². The standard InChI is InChI=1S/C24H23N5O4S/c1-3-6-20(30)29(22-19(23(31)32)14-28(2)26-22)13-15-9-11-16(12-10-15)17-7-4-5-8-18(17)21-25-24(33)34-27-21/h4-5,7-12,14H,3,6,13H2,1-2H3,(H,31,32)(H,25,27,33). The molecule has 0 aliphatic heterocycles. The van der Waals surface area contributed by atoms with Crippen molar-refractivity contribution >= 4 is 29.2 Å². The lowest BCUT2D eigenvalue weighted by Crippen LogP contribution is -2.31. The monoisotopic (exact) mass is 477 g/mol. The van der Waals surface area contributed by atoms with Gasteiger partial charge in [-0.15, -0.1) is 0 Å². The number of carboxylic acid groups (broad SMARTS) is 1. The first-order valence-electron chi connectivity index (χ1n) is 10.7. The van der Waals surface area contributed by atoms with Crippen molar-refractivity contribution in [3.63, 3.8) is 0 Å². The highest BCUT2D eigenvalue weighted by molar-refractivity contribution is 7.03. The number of hydrogen-bond donors (Lipinski definition) is 2. The molecule has 0 aliphatic rings. The lowest BCUT2D eigenvalue weighted by atomic mass is 9.98. The third-order valence-corrected chi connectivity index (χ3v) is 5.85. The molecule has 0 saturated heterocycles. The van der Waals surface area contributed by atoms with Gasteiger partial charge in [-0.3, -0.25) is 23.5 Å². The molecule has 34 heavy (non-hydrogen) atoms. The Balaban J connectivity index is 1.66. The molecule has 2 aromatic carbocycles. The highest BCUT2D eigenvalue weighted by Gasteiger charge is 2.25. The number of nitrogens with one attached hydrogen (secondary N) is 1. The maximum atomic E-state index is 12.9. The Hall–Kier alpha value is -4.05. The minimum atomic E-state index is -1.13. The van der Waals surface area contributed by atoms with Crippen LogP contribution >= 0.6 is 11.5 Å². The van der Waals surface area contributed by atoms with Gasteiger partial charge in [-0.2, -0.15) is 10.1 Å². The van der Waals surface area contributed by atoms with Crippen molar-refractivity contribution in [2.45, 2.75) is 26.3 Å². The summed E-state index contributed by atoms with van der Waals surface area (Å²) in [5, 5.41) is 13.8. The van der Waals surface area contributed by atoms with Crippen LogP contribution in [0.1, 0.15) is 35.7 Å². The molecule has 2 N–H and O–H groups in total. The van der Waals surface area contributed by atoms with Crippen LogP contribution < -0.4 is 9.77 Å². The molecule has 10 heteroatoms. The summed E-state index contributed by atoms with van der Waals surface area (Å²) in [6.07, 6.45) is 2.32. The van der Waals surface area contributed by atoms with Gasteiger partial charge in [-0.25, -0.2) is 4.79 Å². The Bertz CT molecular complexity index is 1390. The third-order valence-electron chi connectivity index (χ3n) is 5.29. The first-order valence-corrected chi connectivity index (χ1v) is 11.5. The minimum Gasteiger partial charge on any atom is -0.477 e. The second-order valence-electron chi connectivity index (χ2n) is 7.75. The number of aromatic carboxylic acids is 1. The molecule has 4 aromatic rings. The number of benzene rings is 2. The minimum absolute atomic E-state index is 0.0187. The van der Waals surface area contributed by atoms with Gasteiger partial charge < -0.3 is 5.11 Å². The zero-order chi connectivity index (χ0) is 24.2. The van der Waals surface area contributed by atoms with E-state index >= 15 is 0 Å². The topological polar surface area (TPSA) is 121 Å². The molecular formula is C24H23N5O4S. The molecule has 0 bridgehead atoms. The van der Waals surface area contributed by atoms with Crippen molar-refractivity contribution < 1.29 is 14.7 Å². The molecule has 1 amide bonds. The van der Waals surface area contributed by atoms with Crippen LogP contribution in [0.3, 0.4) is 0 Å². The number of hydrogen-bond acceptors (Lipinski definition) is 6. The summed E-state index contributed by atoms with van der Waals surface area (Å²) in [5.41, 5.74) is 3.45. The average molecular weight is 478 g/mol. The van der Waals surface area contributed by atoms with Crippen LogP contribution in [-0.4, -0.2) is 36.1 Å². The number of aromatic nitrogens is 4. The van der Waals surface area contributed by atoms with Gasteiger partial charge in [-0.05, 0) is 23.1 Å². The molecule has 0 unspecified atom stereocenters. The first-order chi connectivity index (χ1) is 16.4. The molecule has 0 aliphatic carbocycles. The molecule has 2 aromatic heterocycles. The van der Waals surface area contributed by atoms with Gasteiger partial charge >= 0.3 is 10.8 Å².